The zero-order valence-electron chi connectivity index (χ0n) is 18.1. The van der Waals surface area contributed by atoms with Gasteiger partial charge in [-0.2, -0.15) is 0 Å². The third kappa shape index (κ3) is 14.9. The van der Waals surface area contributed by atoms with E-state index < -0.39 is 5.97 Å². The molecule has 0 aliphatic heterocycles. The highest BCUT2D eigenvalue weighted by Gasteiger charge is 2.02. The van der Waals surface area contributed by atoms with Crippen molar-refractivity contribution < 1.29 is 9.90 Å². The summed E-state index contributed by atoms with van der Waals surface area (Å²) in [5, 5.41) is 8.74. The summed E-state index contributed by atoms with van der Waals surface area (Å²) in [6.07, 6.45) is 15.8. The highest BCUT2D eigenvalue weighted by Crippen LogP contribution is 2.11. The molecule has 1 rings (SSSR count). The van der Waals surface area contributed by atoms with Gasteiger partial charge in [-0.05, 0) is 44.0 Å². The Kier molecular flexibility index (Phi) is 17.3. The zero-order chi connectivity index (χ0) is 19.7. The Hall–Kier alpha value is -1.06. The van der Waals surface area contributed by atoms with Crippen LogP contribution in [0.4, 0.5) is 0 Å². The Balaban J connectivity index is 0.00000729. The molecule has 0 heterocycles. The second-order valence-corrected chi connectivity index (χ2v) is 7.95. The summed E-state index contributed by atoms with van der Waals surface area (Å²) in [6.45, 7) is 4.55. The first-order chi connectivity index (χ1) is 13.1. The molecule has 1 aromatic carbocycles. The number of carboxylic acid groups (broad SMARTS) is 1. The van der Waals surface area contributed by atoms with Gasteiger partial charge in [0.2, 0.25) is 0 Å². The van der Waals surface area contributed by atoms with Crippen LogP contribution in [0.15, 0.2) is 24.3 Å². The summed E-state index contributed by atoms with van der Waals surface area (Å²) in [4.78, 5) is 13.1. The molecular formula is C24H42ClNO2. The molecule has 0 radical (unpaired) electrons. The Morgan fingerprint density at radius 1 is 0.786 bits per heavy atom. The van der Waals surface area contributed by atoms with E-state index in [-0.39, 0.29) is 18.8 Å². The van der Waals surface area contributed by atoms with E-state index in [9.17, 15) is 4.79 Å². The lowest BCUT2D eigenvalue weighted by Gasteiger charge is -2.16. The van der Waals surface area contributed by atoms with Gasteiger partial charge < -0.3 is 10.0 Å². The van der Waals surface area contributed by atoms with Crippen LogP contribution in [0.3, 0.4) is 0 Å². The smallest absolute Gasteiger partial charge is 0.303 e. The number of likely N-dealkylation sites (N-methyl/N-ethyl adjacent to an activating group) is 1. The van der Waals surface area contributed by atoms with Gasteiger partial charge in [-0.1, -0.05) is 89.0 Å². The summed E-state index contributed by atoms with van der Waals surface area (Å²) < 4.78 is 0. The maximum absolute atomic E-state index is 10.6. The number of halogens is 1. The van der Waals surface area contributed by atoms with Crippen molar-refractivity contribution in [2.75, 3.05) is 20.1 Å². The molecule has 0 atom stereocenters. The molecule has 1 N–H and O–H groups in total. The van der Waals surface area contributed by atoms with Gasteiger partial charge in [-0.3, -0.25) is 4.79 Å². The Morgan fingerprint density at radius 3 is 1.75 bits per heavy atom. The molecule has 0 amide bonds. The van der Waals surface area contributed by atoms with E-state index in [1.807, 2.05) is 0 Å². The van der Waals surface area contributed by atoms with Crippen molar-refractivity contribution in [3.05, 3.63) is 35.4 Å². The summed E-state index contributed by atoms with van der Waals surface area (Å²) >= 11 is 0. The number of carboxylic acids is 1. The summed E-state index contributed by atoms with van der Waals surface area (Å²) in [5.41, 5.74) is 2.45. The molecule has 0 saturated carbocycles. The van der Waals surface area contributed by atoms with Crippen molar-refractivity contribution in [3.63, 3.8) is 0 Å². The molecule has 0 saturated heterocycles. The second-order valence-electron chi connectivity index (χ2n) is 7.95. The van der Waals surface area contributed by atoms with Crippen molar-refractivity contribution in [3.8, 4) is 0 Å². The predicted octanol–water partition coefficient (Wildman–Crippen LogP) is 6.52. The van der Waals surface area contributed by atoms with Crippen LogP contribution in [0, 0.1) is 0 Å². The van der Waals surface area contributed by atoms with E-state index in [2.05, 4.69) is 43.1 Å². The molecule has 3 nitrogen and oxygen atoms in total. The molecule has 0 bridgehead atoms. The van der Waals surface area contributed by atoms with Gasteiger partial charge in [0.1, 0.15) is 0 Å². The number of rotatable bonds is 17. The summed E-state index contributed by atoms with van der Waals surface area (Å²) in [6, 6.07) is 8.43. The standard InChI is InChI=1S/C24H41NO2.ClH/c1-3-4-5-6-7-8-9-10-11-12-20-25(2)21-19-23-15-13-22(14-16-23)17-18-24(26)27;/h13-16H,3-12,17-21H2,1-2H3,(H,26,27);1H. The molecule has 1 aromatic rings. The lowest BCUT2D eigenvalue weighted by molar-refractivity contribution is -0.136. The molecule has 0 fully saturated rings. The van der Waals surface area contributed by atoms with E-state index in [1.54, 1.807) is 0 Å². The van der Waals surface area contributed by atoms with E-state index >= 15 is 0 Å². The molecule has 4 heteroatoms. The van der Waals surface area contributed by atoms with Crippen molar-refractivity contribution in [1.29, 1.82) is 0 Å². The van der Waals surface area contributed by atoms with Gasteiger partial charge in [0.15, 0.2) is 0 Å². The van der Waals surface area contributed by atoms with Crippen LogP contribution in [0.5, 0.6) is 0 Å². The fourth-order valence-electron chi connectivity index (χ4n) is 3.42. The van der Waals surface area contributed by atoms with E-state index in [1.165, 1.54) is 76.3 Å². The van der Waals surface area contributed by atoms with Crippen LogP contribution >= 0.6 is 12.4 Å². The largest absolute Gasteiger partial charge is 0.481 e. The highest BCUT2D eigenvalue weighted by atomic mass is 35.5. The highest BCUT2D eigenvalue weighted by molar-refractivity contribution is 5.85. The maximum atomic E-state index is 10.6. The van der Waals surface area contributed by atoms with E-state index in [4.69, 9.17) is 5.11 Å². The minimum absolute atomic E-state index is 0. The van der Waals surface area contributed by atoms with Crippen LogP contribution in [0.1, 0.15) is 88.7 Å². The minimum atomic E-state index is -0.729. The Labute approximate surface area is 179 Å². The second kappa shape index (κ2) is 18.0. The molecule has 0 aromatic heterocycles. The predicted molar refractivity (Wildman–Crippen MR) is 123 cm³/mol. The average molecular weight is 412 g/mol. The topological polar surface area (TPSA) is 40.5 Å². The van der Waals surface area contributed by atoms with E-state index in [0.29, 0.717) is 6.42 Å². The van der Waals surface area contributed by atoms with Gasteiger partial charge >= 0.3 is 5.97 Å². The number of hydrogen-bond donors (Lipinski definition) is 1. The number of benzene rings is 1. The zero-order valence-corrected chi connectivity index (χ0v) is 18.9. The molecule has 0 spiro atoms. The van der Waals surface area contributed by atoms with E-state index in [0.717, 1.165) is 18.5 Å². The van der Waals surface area contributed by atoms with Crippen LogP contribution < -0.4 is 0 Å². The monoisotopic (exact) mass is 411 g/mol. The fraction of sp³-hybridized carbons (Fsp3) is 0.708. The van der Waals surface area contributed by atoms with Crippen LogP contribution in [-0.2, 0) is 17.6 Å². The third-order valence-electron chi connectivity index (χ3n) is 5.33. The quantitative estimate of drug-likeness (QED) is 0.296. The van der Waals surface area contributed by atoms with Crippen LogP contribution in [0.2, 0.25) is 0 Å². The number of hydrogen-bond acceptors (Lipinski definition) is 2. The number of aliphatic carboxylic acids is 1. The lowest BCUT2D eigenvalue weighted by Crippen LogP contribution is -2.22. The first kappa shape index (κ1) is 26.9. The van der Waals surface area contributed by atoms with Crippen molar-refractivity contribution >= 4 is 18.4 Å². The molecule has 162 valence electrons. The molecular weight excluding hydrogens is 370 g/mol. The molecule has 0 aliphatic carbocycles. The van der Waals surface area contributed by atoms with Crippen molar-refractivity contribution in [2.45, 2.75) is 90.4 Å². The Bertz CT molecular complexity index is 490. The van der Waals surface area contributed by atoms with Crippen molar-refractivity contribution in [2.24, 2.45) is 0 Å². The van der Waals surface area contributed by atoms with Crippen LogP contribution in [0.25, 0.3) is 0 Å². The van der Waals surface area contributed by atoms with Crippen LogP contribution in [-0.4, -0.2) is 36.1 Å². The maximum Gasteiger partial charge on any atom is 0.303 e. The number of carbonyl (C=O) groups is 1. The van der Waals surface area contributed by atoms with Gasteiger partial charge in [0.25, 0.3) is 0 Å². The number of nitrogens with zero attached hydrogens (tertiary/aromatic N) is 1. The molecule has 28 heavy (non-hydrogen) atoms. The lowest BCUT2D eigenvalue weighted by atomic mass is 10.1. The van der Waals surface area contributed by atoms with Gasteiger partial charge in [-0.25, -0.2) is 0 Å². The number of aryl methyl sites for hydroxylation is 1. The van der Waals surface area contributed by atoms with Gasteiger partial charge in [-0.15, -0.1) is 12.4 Å². The summed E-state index contributed by atoms with van der Waals surface area (Å²) in [7, 11) is 2.22. The first-order valence-corrected chi connectivity index (χ1v) is 11.1. The molecule has 0 aliphatic rings. The molecule has 0 unspecified atom stereocenters. The van der Waals surface area contributed by atoms with Gasteiger partial charge in [0, 0.05) is 13.0 Å². The van der Waals surface area contributed by atoms with Gasteiger partial charge in [0.05, 0.1) is 0 Å². The third-order valence-corrected chi connectivity index (χ3v) is 5.33. The normalized spacial score (nSPS) is 10.8. The first-order valence-electron chi connectivity index (χ1n) is 11.1. The Morgan fingerprint density at radius 2 is 1.25 bits per heavy atom. The fourth-order valence-corrected chi connectivity index (χ4v) is 3.42. The SMILES string of the molecule is CCCCCCCCCCCCN(C)CCc1ccc(CCC(=O)O)cc1.Cl. The number of unbranched alkanes of at least 4 members (excludes halogenated alkanes) is 9. The summed E-state index contributed by atoms with van der Waals surface area (Å²) in [5.74, 6) is -0.729. The minimum Gasteiger partial charge on any atom is -0.481 e. The van der Waals surface area contributed by atoms with Crippen molar-refractivity contribution in [1.82, 2.24) is 4.90 Å². The average Bonchev–Trinajstić information content (AvgIpc) is 2.67.